The maximum Gasteiger partial charge on any atom is 0.134 e. The van der Waals surface area contributed by atoms with Gasteiger partial charge in [-0.25, -0.2) is 8.78 Å². The van der Waals surface area contributed by atoms with Crippen LogP contribution in [-0.4, -0.2) is 0 Å². The molecule has 0 heterocycles. The Morgan fingerprint density at radius 1 is 0.688 bits per heavy atom. The van der Waals surface area contributed by atoms with E-state index in [2.05, 4.69) is 6.07 Å². The van der Waals surface area contributed by atoms with Crippen molar-refractivity contribution < 1.29 is 8.78 Å². The monoisotopic (exact) mass is 425 g/mol. The van der Waals surface area contributed by atoms with E-state index in [1.54, 1.807) is 18.2 Å². The molecular formula is C29H25F2N. The summed E-state index contributed by atoms with van der Waals surface area (Å²) < 4.78 is 29.4. The fourth-order valence-corrected chi connectivity index (χ4v) is 4.05. The lowest BCUT2D eigenvalue weighted by Gasteiger charge is -2.10. The van der Waals surface area contributed by atoms with Crippen molar-refractivity contribution in [3.8, 4) is 6.07 Å². The average molecular weight is 426 g/mol. The summed E-state index contributed by atoms with van der Waals surface area (Å²) in [5.41, 5.74) is 5.18. The molecule has 0 unspecified atom stereocenters. The molecular weight excluding hydrogens is 400 g/mol. The highest BCUT2D eigenvalue weighted by Crippen LogP contribution is 2.25. The number of halogens is 2. The summed E-state index contributed by atoms with van der Waals surface area (Å²) in [6, 6.07) is 24.6. The van der Waals surface area contributed by atoms with Gasteiger partial charge in [0, 0.05) is 5.39 Å². The second-order valence-corrected chi connectivity index (χ2v) is 8.18. The van der Waals surface area contributed by atoms with Crippen LogP contribution in [-0.2, 0) is 32.1 Å². The molecule has 4 rings (SSSR count). The summed E-state index contributed by atoms with van der Waals surface area (Å²) in [4.78, 5) is 0. The highest BCUT2D eigenvalue weighted by Gasteiger charge is 2.10. The van der Waals surface area contributed by atoms with Crippen LogP contribution in [0.5, 0.6) is 0 Å². The second kappa shape index (κ2) is 9.75. The summed E-state index contributed by atoms with van der Waals surface area (Å²) in [6.07, 6.45) is 3.47. The quantitative estimate of drug-likeness (QED) is 0.309. The van der Waals surface area contributed by atoms with E-state index < -0.39 is 0 Å². The standard InChI is InChI=1S/C29H25F2N/c1-2-20-7-11-24(28(30)18-20)12-9-22-10-16-27-26(17-22)15-14-25(29(27)31)13-8-21-3-5-23(19-32)6-4-21/h3-7,10-11,14-18H,2,8-9,12-13H2,1H3. The molecule has 0 spiro atoms. The van der Waals surface area contributed by atoms with Gasteiger partial charge in [-0.05, 0) is 83.5 Å². The third kappa shape index (κ3) is 4.86. The molecule has 32 heavy (non-hydrogen) atoms. The smallest absolute Gasteiger partial charge is 0.134 e. The molecule has 0 fully saturated rings. The molecule has 0 saturated carbocycles. The fraction of sp³-hybridized carbons (Fsp3) is 0.207. The maximum absolute atomic E-state index is 15.1. The second-order valence-electron chi connectivity index (χ2n) is 8.18. The number of fused-ring (bicyclic) bond motifs is 1. The minimum atomic E-state index is -0.177. The lowest BCUT2D eigenvalue weighted by molar-refractivity contribution is 0.606. The van der Waals surface area contributed by atoms with Crippen LogP contribution in [0.2, 0.25) is 0 Å². The minimum Gasteiger partial charge on any atom is -0.207 e. The van der Waals surface area contributed by atoms with Crippen molar-refractivity contribution in [1.82, 2.24) is 0 Å². The lowest BCUT2D eigenvalue weighted by atomic mass is 9.97. The van der Waals surface area contributed by atoms with E-state index in [4.69, 9.17) is 5.26 Å². The summed E-state index contributed by atoms with van der Waals surface area (Å²) in [6.45, 7) is 2.01. The molecule has 160 valence electrons. The molecule has 4 aromatic carbocycles. The Kier molecular flexibility index (Phi) is 6.61. The Hall–Kier alpha value is -3.51. The number of rotatable bonds is 7. The minimum absolute atomic E-state index is 0.150. The van der Waals surface area contributed by atoms with Gasteiger partial charge in [-0.2, -0.15) is 5.26 Å². The van der Waals surface area contributed by atoms with E-state index in [1.807, 2.05) is 61.5 Å². The SMILES string of the molecule is CCc1ccc(CCc2ccc3c(F)c(CCc4ccc(C#N)cc4)ccc3c2)c(F)c1. The van der Waals surface area contributed by atoms with Crippen molar-refractivity contribution in [2.24, 2.45) is 0 Å². The van der Waals surface area contributed by atoms with E-state index in [0.717, 1.165) is 28.5 Å². The van der Waals surface area contributed by atoms with E-state index >= 15 is 4.39 Å². The fourth-order valence-electron chi connectivity index (χ4n) is 4.05. The van der Waals surface area contributed by atoms with Crippen LogP contribution >= 0.6 is 0 Å². The molecule has 0 aliphatic rings. The van der Waals surface area contributed by atoms with Crippen LogP contribution in [0.15, 0.2) is 72.8 Å². The zero-order valence-electron chi connectivity index (χ0n) is 18.2. The van der Waals surface area contributed by atoms with Gasteiger partial charge in [0.05, 0.1) is 11.6 Å². The molecule has 0 saturated heterocycles. The normalized spacial score (nSPS) is 10.9. The number of nitriles is 1. The van der Waals surface area contributed by atoms with Gasteiger partial charge in [0.25, 0.3) is 0 Å². The topological polar surface area (TPSA) is 23.8 Å². The van der Waals surface area contributed by atoms with E-state index in [1.165, 1.54) is 0 Å². The van der Waals surface area contributed by atoms with Crippen molar-refractivity contribution in [1.29, 1.82) is 5.26 Å². The largest absolute Gasteiger partial charge is 0.207 e. The Morgan fingerprint density at radius 2 is 1.34 bits per heavy atom. The highest BCUT2D eigenvalue weighted by molar-refractivity contribution is 5.84. The van der Waals surface area contributed by atoms with E-state index in [-0.39, 0.29) is 11.6 Å². The van der Waals surface area contributed by atoms with E-state index in [9.17, 15) is 4.39 Å². The zero-order valence-corrected chi connectivity index (χ0v) is 18.2. The van der Waals surface area contributed by atoms with Crippen molar-refractivity contribution in [2.75, 3.05) is 0 Å². The summed E-state index contributed by atoms with van der Waals surface area (Å²) in [7, 11) is 0. The van der Waals surface area contributed by atoms with Crippen LogP contribution in [0.4, 0.5) is 8.78 Å². The molecule has 0 N–H and O–H groups in total. The third-order valence-corrected chi connectivity index (χ3v) is 6.07. The van der Waals surface area contributed by atoms with Crippen molar-refractivity contribution in [3.63, 3.8) is 0 Å². The number of nitrogens with zero attached hydrogens (tertiary/aromatic N) is 1. The summed E-state index contributed by atoms with van der Waals surface area (Å²) in [5, 5.41) is 10.4. The molecule has 0 radical (unpaired) electrons. The molecule has 0 amide bonds. The third-order valence-electron chi connectivity index (χ3n) is 6.07. The number of aryl methyl sites for hydroxylation is 5. The van der Waals surface area contributed by atoms with Gasteiger partial charge in [0.15, 0.2) is 0 Å². The van der Waals surface area contributed by atoms with Crippen LogP contribution in [0.1, 0.15) is 40.3 Å². The van der Waals surface area contributed by atoms with Crippen molar-refractivity contribution in [3.05, 3.63) is 118 Å². The molecule has 4 aromatic rings. The number of hydrogen-bond acceptors (Lipinski definition) is 1. The van der Waals surface area contributed by atoms with Gasteiger partial charge < -0.3 is 0 Å². The molecule has 0 aliphatic carbocycles. The van der Waals surface area contributed by atoms with Crippen molar-refractivity contribution in [2.45, 2.75) is 39.0 Å². The molecule has 0 aliphatic heterocycles. The predicted molar refractivity (Wildman–Crippen MR) is 126 cm³/mol. The van der Waals surface area contributed by atoms with E-state index in [0.29, 0.717) is 47.8 Å². The first-order chi connectivity index (χ1) is 15.6. The molecule has 0 aromatic heterocycles. The van der Waals surface area contributed by atoms with Crippen molar-refractivity contribution >= 4 is 10.8 Å². The van der Waals surface area contributed by atoms with Gasteiger partial charge in [0.1, 0.15) is 11.6 Å². The zero-order chi connectivity index (χ0) is 22.5. The van der Waals surface area contributed by atoms with Crippen LogP contribution in [0.25, 0.3) is 10.8 Å². The molecule has 1 nitrogen and oxygen atoms in total. The van der Waals surface area contributed by atoms with Gasteiger partial charge in [-0.1, -0.05) is 61.5 Å². The number of benzene rings is 4. The Bertz CT molecular complexity index is 1280. The first-order valence-corrected chi connectivity index (χ1v) is 11.0. The van der Waals surface area contributed by atoms with Gasteiger partial charge in [-0.3, -0.25) is 0 Å². The number of hydrogen-bond donors (Lipinski definition) is 0. The lowest BCUT2D eigenvalue weighted by Crippen LogP contribution is -1.98. The molecule has 0 atom stereocenters. The predicted octanol–water partition coefficient (Wildman–Crippen LogP) is 7.12. The Morgan fingerprint density at radius 3 is 2.06 bits per heavy atom. The first kappa shape index (κ1) is 21.7. The molecule has 3 heteroatoms. The van der Waals surface area contributed by atoms with Crippen LogP contribution in [0.3, 0.4) is 0 Å². The Balaban J connectivity index is 1.46. The van der Waals surface area contributed by atoms with Gasteiger partial charge in [-0.15, -0.1) is 0 Å². The average Bonchev–Trinajstić information content (AvgIpc) is 2.83. The van der Waals surface area contributed by atoms with Gasteiger partial charge >= 0.3 is 0 Å². The summed E-state index contributed by atoms with van der Waals surface area (Å²) in [5.74, 6) is -0.327. The summed E-state index contributed by atoms with van der Waals surface area (Å²) >= 11 is 0. The Labute approximate surface area is 188 Å². The maximum atomic E-state index is 15.1. The van der Waals surface area contributed by atoms with Crippen LogP contribution in [0, 0.1) is 23.0 Å². The highest BCUT2D eigenvalue weighted by atomic mass is 19.1. The molecule has 0 bridgehead atoms. The van der Waals surface area contributed by atoms with Gasteiger partial charge in [0.2, 0.25) is 0 Å². The van der Waals surface area contributed by atoms with Crippen LogP contribution < -0.4 is 0 Å². The first-order valence-electron chi connectivity index (χ1n) is 11.0.